The molecule has 60 heavy (non-hydrogen) atoms. The number of ether oxygens (including phenoxy) is 3. The lowest BCUT2D eigenvalue weighted by atomic mass is 10.0. The van der Waals surface area contributed by atoms with Crippen LogP contribution >= 0.6 is 0 Å². The van der Waals surface area contributed by atoms with Gasteiger partial charge in [0.05, 0.1) is 0 Å². The zero-order valence-corrected chi connectivity index (χ0v) is 40.9. The second-order valence-electron chi connectivity index (χ2n) is 19.0. The van der Waals surface area contributed by atoms with E-state index in [2.05, 4.69) is 27.7 Å². The first-order valence-electron chi connectivity index (χ1n) is 26.9. The molecule has 0 saturated heterocycles. The van der Waals surface area contributed by atoms with Crippen LogP contribution in [-0.2, 0) is 28.6 Å². The van der Waals surface area contributed by atoms with Gasteiger partial charge in [-0.05, 0) is 25.2 Å². The van der Waals surface area contributed by atoms with Gasteiger partial charge in [0.1, 0.15) is 13.2 Å². The summed E-state index contributed by atoms with van der Waals surface area (Å²) >= 11 is 0. The molecule has 0 spiro atoms. The molecule has 0 fully saturated rings. The Bertz CT molecular complexity index is 903. The third kappa shape index (κ3) is 47.5. The SMILES string of the molecule is CCCCCCCCCCCCCC(=O)O[C@H](COC(=O)CCCCCCCCCCCC)COC(=O)CCCCCCCCCCCCCCCCCCCCC(C)C. The van der Waals surface area contributed by atoms with E-state index in [-0.39, 0.29) is 31.1 Å². The van der Waals surface area contributed by atoms with Crippen LogP contribution in [0.2, 0.25) is 0 Å². The Labute approximate surface area is 374 Å². The Morgan fingerprint density at radius 2 is 0.550 bits per heavy atom. The molecule has 0 aliphatic rings. The van der Waals surface area contributed by atoms with Gasteiger partial charge in [0.25, 0.3) is 0 Å². The molecule has 0 aromatic carbocycles. The van der Waals surface area contributed by atoms with Crippen molar-refractivity contribution in [2.24, 2.45) is 5.92 Å². The Kier molecular flexibility index (Phi) is 47.2. The second-order valence-corrected chi connectivity index (χ2v) is 19.0. The van der Waals surface area contributed by atoms with E-state index in [1.165, 1.54) is 199 Å². The maximum Gasteiger partial charge on any atom is 0.306 e. The first-order valence-corrected chi connectivity index (χ1v) is 26.9. The van der Waals surface area contributed by atoms with Gasteiger partial charge in [-0.15, -0.1) is 0 Å². The molecule has 0 saturated carbocycles. The van der Waals surface area contributed by atoms with Gasteiger partial charge in [0, 0.05) is 19.3 Å². The van der Waals surface area contributed by atoms with Crippen molar-refractivity contribution in [3.63, 3.8) is 0 Å². The summed E-state index contributed by atoms with van der Waals surface area (Å²) in [6.07, 6.45) is 51.0. The summed E-state index contributed by atoms with van der Waals surface area (Å²) < 4.78 is 16.8. The first kappa shape index (κ1) is 58.4. The van der Waals surface area contributed by atoms with E-state index in [4.69, 9.17) is 14.2 Å². The molecule has 0 rings (SSSR count). The maximum atomic E-state index is 12.7. The van der Waals surface area contributed by atoms with E-state index in [1.54, 1.807) is 0 Å². The number of hydrogen-bond donors (Lipinski definition) is 0. The van der Waals surface area contributed by atoms with Crippen molar-refractivity contribution in [3.05, 3.63) is 0 Å². The third-order valence-electron chi connectivity index (χ3n) is 12.3. The van der Waals surface area contributed by atoms with Gasteiger partial charge in [-0.25, -0.2) is 0 Å². The van der Waals surface area contributed by atoms with Crippen molar-refractivity contribution >= 4 is 17.9 Å². The zero-order chi connectivity index (χ0) is 43.8. The normalized spacial score (nSPS) is 11.9. The van der Waals surface area contributed by atoms with Gasteiger partial charge in [0.15, 0.2) is 6.10 Å². The van der Waals surface area contributed by atoms with E-state index in [0.29, 0.717) is 19.3 Å². The van der Waals surface area contributed by atoms with Crippen molar-refractivity contribution in [2.75, 3.05) is 13.2 Å². The van der Waals surface area contributed by atoms with Crippen LogP contribution in [0.5, 0.6) is 0 Å². The molecule has 0 aromatic heterocycles. The van der Waals surface area contributed by atoms with Crippen LogP contribution < -0.4 is 0 Å². The molecule has 6 nitrogen and oxygen atoms in total. The lowest BCUT2D eigenvalue weighted by Gasteiger charge is -2.18. The number of esters is 3. The quantitative estimate of drug-likeness (QED) is 0.0345. The molecule has 0 N–H and O–H groups in total. The molecule has 0 aromatic rings. The van der Waals surface area contributed by atoms with E-state index in [1.807, 2.05) is 0 Å². The summed E-state index contributed by atoms with van der Waals surface area (Å²) in [4.78, 5) is 37.9. The largest absolute Gasteiger partial charge is 0.462 e. The summed E-state index contributed by atoms with van der Waals surface area (Å²) in [5, 5.41) is 0. The molecule has 0 heterocycles. The van der Waals surface area contributed by atoms with Crippen molar-refractivity contribution in [1.82, 2.24) is 0 Å². The summed E-state index contributed by atoms with van der Waals surface area (Å²) in [5.74, 6) is 0.0147. The highest BCUT2D eigenvalue weighted by atomic mass is 16.6. The highest BCUT2D eigenvalue weighted by Gasteiger charge is 2.19. The monoisotopic (exact) mass is 849 g/mol. The van der Waals surface area contributed by atoms with Crippen LogP contribution in [0.25, 0.3) is 0 Å². The molecular weight excluding hydrogens is 745 g/mol. The Morgan fingerprint density at radius 1 is 0.317 bits per heavy atom. The van der Waals surface area contributed by atoms with Crippen LogP contribution in [0.1, 0.15) is 304 Å². The fraction of sp³-hybridized carbons (Fsp3) is 0.944. The predicted molar refractivity (Wildman–Crippen MR) is 257 cm³/mol. The zero-order valence-electron chi connectivity index (χ0n) is 40.9. The molecule has 1 atom stereocenters. The summed E-state index contributed by atoms with van der Waals surface area (Å²) in [7, 11) is 0. The predicted octanol–water partition coefficient (Wildman–Crippen LogP) is 17.5. The fourth-order valence-corrected chi connectivity index (χ4v) is 8.22. The average molecular weight is 849 g/mol. The average Bonchev–Trinajstić information content (AvgIpc) is 3.23. The van der Waals surface area contributed by atoms with E-state index < -0.39 is 6.10 Å². The number of carbonyl (C=O) groups excluding carboxylic acids is 3. The van der Waals surface area contributed by atoms with Gasteiger partial charge in [-0.2, -0.15) is 0 Å². The molecule has 6 heteroatoms. The minimum atomic E-state index is -0.759. The van der Waals surface area contributed by atoms with Crippen LogP contribution in [0.3, 0.4) is 0 Å². The minimum absolute atomic E-state index is 0.0625. The lowest BCUT2D eigenvalue weighted by molar-refractivity contribution is -0.167. The molecule has 0 bridgehead atoms. The third-order valence-corrected chi connectivity index (χ3v) is 12.3. The molecule has 356 valence electrons. The Morgan fingerprint density at radius 3 is 0.817 bits per heavy atom. The van der Waals surface area contributed by atoms with Gasteiger partial charge < -0.3 is 14.2 Å². The van der Waals surface area contributed by atoms with Gasteiger partial charge in [0.2, 0.25) is 0 Å². The van der Waals surface area contributed by atoms with Crippen molar-refractivity contribution in [1.29, 1.82) is 0 Å². The topological polar surface area (TPSA) is 78.9 Å². The minimum Gasteiger partial charge on any atom is -0.462 e. The first-order chi connectivity index (χ1) is 29.4. The molecule has 0 aliphatic heterocycles. The van der Waals surface area contributed by atoms with Gasteiger partial charge in [-0.3, -0.25) is 14.4 Å². The van der Waals surface area contributed by atoms with Gasteiger partial charge >= 0.3 is 17.9 Å². The molecule has 0 amide bonds. The summed E-state index contributed by atoms with van der Waals surface area (Å²) in [5.41, 5.74) is 0. The van der Waals surface area contributed by atoms with Crippen LogP contribution in [0.4, 0.5) is 0 Å². The smallest absolute Gasteiger partial charge is 0.306 e. The fourth-order valence-electron chi connectivity index (χ4n) is 8.22. The van der Waals surface area contributed by atoms with Gasteiger partial charge in [-0.1, -0.05) is 265 Å². The number of rotatable bonds is 49. The van der Waals surface area contributed by atoms with Crippen molar-refractivity contribution in [2.45, 2.75) is 310 Å². The maximum absolute atomic E-state index is 12.7. The van der Waals surface area contributed by atoms with Crippen LogP contribution in [0, 0.1) is 5.92 Å². The highest BCUT2D eigenvalue weighted by molar-refractivity contribution is 5.71. The van der Waals surface area contributed by atoms with Crippen molar-refractivity contribution in [3.8, 4) is 0 Å². The number of hydrogen-bond acceptors (Lipinski definition) is 6. The lowest BCUT2D eigenvalue weighted by Crippen LogP contribution is -2.30. The van der Waals surface area contributed by atoms with E-state index in [9.17, 15) is 14.4 Å². The standard InChI is InChI=1S/C54H104O6/c1-5-7-9-11-13-15-25-31-35-39-43-47-54(57)60-51(48-58-52(55)45-41-37-33-29-16-14-12-10-8-6-2)49-59-53(56)46-42-38-34-30-27-24-22-20-18-17-19-21-23-26-28-32-36-40-44-50(3)4/h50-51H,5-49H2,1-4H3/t51-/m1/s1. The van der Waals surface area contributed by atoms with Crippen LogP contribution in [-0.4, -0.2) is 37.2 Å². The molecular formula is C54H104O6. The molecule has 0 radical (unpaired) electrons. The number of carbonyl (C=O) groups is 3. The van der Waals surface area contributed by atoms with E-state index in [0.717, 1.165) is 63.7 Å². The summed E-state index contributed by atoms with van der Waals surface area (Å²) in [6.45, 7) is 9.03. The Balaban J connectivity index is 4.17. The Hall–Kier alpha value is -1.59. The van der Waals surface area contributed by atoms with E-state index >= 15 is 0 Å². The highest BCUT2D eigenvalue weighted by Crippen LogP contribution is 2.17. The summed E-state index contributed by atoms with van der Waals surface area (Å²) in [6, 6.07) is 0. The number of unbranched alkanes of at least 4 members (excludes halogenated alkanes) is 36. The molecule has 0 unspecified atom stereocenters. The second kappa shape index (κ2) is 48.4. The van der Waals surface area contributed by atoms with Crippen molar-refractivity contribution < 1.29 is 28.6 Å². The molecule has 0 aliphatic carbocycles. The van der Waals surface area contributed by atoms with Crippen LogP contribution in [0.15, 0.2) is 0 Å².